The predicted octanol–water partition coefficient (Wildman–Crippen LogP) is 8.34. The van der Waals surface area contributed by atoms with Gasteiger partial charge >= 0.3 is 0 Å². The first-order valence-corrected chi connectivity index (χ1v) is 13.0. The molecule has 1 N–H and O–H groups in total. The third kappa shape index (κ3) is 30.0. The highest BCUT2D eigenvalue weighted by Crippen LogP contribution is 2.11. The molecule has 0 saturated heterocycles. The number of hydrogen-bond donors (Lipinski definition) is 1. The molecule has 0 saturated carbocycles. The van der Waals surface area contributed by atoms with Crippen LogP contribution in [0, 0.1) is 0 Å². The van der Waals surface area contributed by atoms with E-state index in [1.54, 1.807) is 0 Å². The topological polar surface area (TPSA) is 51.2 Å². The Morgan fingerprint density at radius 1 is 0.500 bits per heavy atom. The molecular weight excluding hydrogens is 378 g/mol. The summed E-state index contributed by atoms with van der Waals surface area (Å²) in [7, 11) is 1.20. The van der Waals surface area contributed by atoms with Crippen LogP contribution in [0.3, 0.4) is 0 Å². The van der Waals surface area contributed by atoms with Gasteiger partial charge in [0.2, 0.25) is 0 Å². The molecule has 0 aromatic rings. The van der Waals surface area contributed by atoms with Crippen LogP contribution in [-0.2, 0) is 15.0 Å². The second kappa shape index (κ2) is 31.0. The number of hydrogen-bond acceptors (Lipinski definition) is 5. The van der Waals surface area contributed by atoms with Crippen LogP contribution < -0.4 is 0 Å². The number of rotatable bonds is 23. The van der Waals surface area contributed by atoms with Crippen LogP contribution in [0.4, 0.5) is 0 Å². The van der Waals surface area contributed by atoms with Crippen molar-refractivity contribution in [2.45, 2.75) is 136 Å². The van der Waals surface area contributed by atoms with E-state index in [1.165, 1.54) is 142 Å². The van der Waals surface area contributed by atoms with Gasteiger partial charge in [-0.1, -0.05) is 117 Å². The fourth-order valence-corrected chi connectivity index (χ4v) is 3.71. The normalized spacial score (nSPS) is 11.0. The standard InChI is InChI=1S/C24H51N.CH4O4/c1-4-7-10-13-16-19-22-25(23-20-17-14-11-8-5-2)24-21-18-15-12-9-6-3;1-3-5-4-2/h4-24H2,1-3H3;2H,1H3. The molecule has 0 aliphatic carbocycles. The second-order valence-electron chi connectivity index (χ2n) is 8.45. The lowest BCUT2D eigenvalue weighted by Gasteiger charge is -2.22. The Morgan fingerprint density at radius 3 is 1.03 bits per heavy atom. The predicted molar refractivity (Wildman–Crippen MR) is 128 cm³/mol. The highest BCUT2D eigenvalue weighted by molar-refractivity contribution is 4.60. The lowest BCUT2D eigenvalue weighted by Crippen LogP contribution is -2.27. The molecule has 184 valence electrons. The van der Waals surface area contributed by atoms with E-state index >= 15 is 0 Å². The molecule has 5 nitrogen and oxygen atoms in total. The Hall–Kier alpha value is -0.200. The van der Waals surface area contributed by atoms with Crippen molar-refractivity contribution in [2.75, 3.05) is 26.7 Å². The zero-order valence-electron chi connectivity index (χ0n) is 21.0. The molecule has 0 aromatic carbocycles. The SMILES string of the molecule is CCCCCCCCN(CCCCCCCC)CCCCCCCC.COOOO. The molecule has 0 atom stereocenters. The summed E-state index contributed by atoms with van der Waals surface area (Å²) in [6, 6.07) is 0. The lowest BCUT2D eigenvalue weighted by atomic mass is 10.1. The average Bonchev–Trinajstić information content (AvgIpc) is 2.76. The van der Waals surface area contributed by atoms with E-state index in [-0.39, 0.29) is 0 Å². The first-order chi connectivity index (χ1) is 14.8. The summed E-state index contributed by atoms with van der Waals surface area (Å²) in [4.78, 5) is 6.51. The van der Waals surface area contributed by atoms with Gasteiger partial charge in [-0.15, -0.1) is 0 Å². The minimum atomic E-state index is 1.20. The average molecular weight is 434 g/mol. The van der Waals surface area contributed by atoms with Crippen molar-refractivity contribution in [3.8, 4) is 0 Å². The Labute approximate surface area is 188 Å². The Balaban J connectivity index is 0. The molecule has 0 fully saturated rings. The van der Waals surface area contributed by atoms with Crippen LogP contribution in [0.25, 0.3) is 0 Å². The van der Waals surface area contributed by atoms with Crippen LogP contribution in [0.2, 0.25) is 0 Å². The Kier molecular flexibility index (Phi) is 33.0. The van der Waals surface area contributed by atoms with E-state index in [1.807, 2.05) is 0 Å². The maximum atomic E-state index is 7.22. The van der Waals surface area contributed by atoms with Crippen LogP contribution in [0.1, 0.15) is 136 Å². The van der Waals surface area contributed by atoms with E-state index in [4.69, 9.17) is 5.26 Å². The minimum absolute atomic E-state index is 1.20. The van der Waals surface area contributed by atoms with E-state index < -0.39 is 0 Å². The molecule has 0 aromatic heterocycles. The second-order valence-corrected chi connectivity index (χ2v) is 8.45. The summed E-state index contributed by atoms with van der Waals surface area (Å²) >= 11 is 0. The van der Waals surface area contributed by atoms with Crippen molar-refractivity contribution in [1.29, 1.82) is 0 Å². The molecule has 0 bridgehead atoms. The van der Waals surface area contributed by atoms with Gasteiger partial charge in [0.25, 0.3) is 0 Å². The molecule has 0 heterocycles. The minimum Gasteiger partial charge on any atom is -0.303 e. The van der Waals surface area contributed by atoms with Crippen LogP contribution in [-0.4, -0.2) is 36.9 Å². The summed E-state index contributed by atoms with van der Waals surface area (Å²) in [5.41, 5.74) is 0. The third-order valence-electron chi connectivity index (χ3n) is 5.58. The summed E-state index contributed by atoms with van der Waals surface area (Å²) in [5, 5.41) is 13.6. The number of unbranched alkanes of at least 4 members (excludes halogenated alkanes) is 15. The molecule has 0 amide bonds. The van der Waals surface area contributed by atoms with Gasteiger partial charge in [-0.2, -0.15) is 0 Å². The Morgan fingerprint density at radius 2 is 0.800 bits per heavy atom. The van der Waals surface area contributed by atoms with Gasteiger partial charge in [0.05, 0.1) is 7.11 Å². The largest absolute Gasteiger partial charge is 0.303 e. The van der Waals surface area contributed by atoms with Crippen molar-refractivity contribution in [2.24, 2.45) is 0 Å². The smallest absolute Gasteiger partial charge is 0.0745 e. The quantitative estimate of drug-likeness (QED) is 0.0996. The highest BCUT2D eigenvalue weighted by atomic mass is 17.6. The van der Waals surface area contributed by atoms with Crippen molar-refractivity contribution < 1.29 is 20.2 Å². The van der Waals surface area contributed by atoms with Crippen LogP contribution in [0.5, 0.6) is 0 Å². The zero-order chi connectivity index (χ0) is 22.5. The van der Waals surface area contributed by atoms with Crippen molar-refractivity contribution in [1.82, 2.24) is 4.90 Å². The maximum absolute atomic E-state index is 7.22. The van der Waals surface area contributed by atoms with Gasteiger partial charge in [0.1, 0.15) is 0 Å². The molecular formula is C25H55NO4. The van der Waals surface area contributed by atoms with E-state index in [0.717, 1.165) is 0 Å². The monoisotopic (exact) mass is 433 g/mol. The van der Waals surface area contributed by atoms with Gasteiger partial charge in [0.15, 0.2) is 0 Å². The fourth-order valence-electron chi connectivity index (χ4n) is 3.71. The molecule has 0 aliphatic rings. The van der Waals surface area contributed by atoms with E-state index in [9.17, 15) is 0 Å². The van der Waals surface area contributed by atoms with E-state index in [2.05, 4.69) is 40.6 Å². The number of nitrogens with zero attached hydrogens (tertiary/aromatic N) is 1. The molecule has 30 heavy (non-hydrogen) atoms. The van der Waals surface area contributed by atoms with Gasteiger partial charge in [-0.05, 0) is 49.0 Å². The van der Waals surface area contributed by atoms with Crippen molar-refractivity contribution >= 4 is 0 Å². The summed E-state index contributed by atoms with van der Waals surface area (Å²) < 4.78 is 0. The summed E-state index contributed by atoms with van der Waals surface area (Å²) in [6.07, 6.45) is 25.7. The van der Waals surface area contributed by atoms with Gasteiger partial charge in [-0.3, -0.25) is 0 Å². The van der Waals surface area contributed by atoms with Crippen LogP contribution >= 0.6 is 0 Å². The third-order valence-corrected chi connectivity index (χ3v) is 5.58. The van der Waals surface area contributed by atoms with Crippen LogP contribution in [0.15, 0.2) is 0 Å². The zero-order valence-corrected chi connectivity index (χ0v) is 21.0. The first kappa shape index (κ1) is 32.0. The lowest BCUT2D eigenvalue weighted by molar-refractivity contribution is -0.617. The van der Waals surface area contributed by atoms with Gasteiger partial charge in [-0.25, -0.2) is 10.1 Å². The van der Waals surface area contributed by atoms with Crippen molar-refractivity contribution in [3.63, 3.8) is 0 Å². The molecule has 0 aliphatic heterocycles. The summed E-state index contributed by atoms with van der Waals surface area (Å²) in [5.74, 6) is 0. The van der Waals surface area contributed by atoms with Gasteiger partial charge < -0.3 is 4.90 Å². The molecule has 5 heteroatoms. The van der Waals surface area contributed by atoms with E-state index in [0.29, 0.717) is 0 Å². The highest BCUT2D eigenvalue weighted by Gasteiger charge is 2.05. The summed E-state index contributed by atoms with van der Waals surface area (Å²) in [6.45, 7) is 11.0. The van der Waals surface area contributed by atoms with Crippen molar-refractivity contribution in [3.05, 3.63) is 0 Å². The van der Waals surface area contributed by atoms with Gasteiger partial charge in [0, 0.05) is 0 Å². The maximum Gasteiger partial charge on any atom is 0.0745 e. The first-order valence-electron chi connectivity index (χ1n) is 13.0. The molecule has 0 rings (SSSR count). The molecule has 0 spiro atoms. The Bertz CT molecular complexity index is 240. The molecule has 0 unspecified atom stereocenters. The molecule has 0 radical (unpaired) electrons. The fraction of sp³-hybridized carbons (Fsp3) is 1.00.